The van der Waals surface area contributed by atoms with Crippen molar-refractivity contribution >= 4 is 28.5 Å². The third kappa shape index (κ3) is 3.83. The average molecular weight is 412 g/mol. The van der Waals surface area contributed by atoms with Crippen LogP contribution in [0.4, 0.5) is 0 Å². The number of fused-ring (bicyclic) bond motifs is 1. The van der Waals surface area contributed by atoms with E-state index in [1.807, 2.05) is 0 Å². The highest BCUT2D eigenvalue weighted by Crippen LogP contribution is 2.48. The lowest BCUT2D eigenvalue weighted by molar-refractivity contribution is -0.153. The molecule has 0 radical (unpaired) electrons. The standard InChI is InChI=1S/C20H37NO4Si2/c1-18(2,3)26(7,8)24-17(23)15-12-14-21-16(22)11-13-20(15,21)25-27(9,10)19(4,5)6/h11,13,15H,12,14H2,1-10H3/t15-,20-/m0/s1. The molecule has 0 N–H and O–H groups in total. The number of rotatable bonds is 4. The van der Waals surface area contributed by atoms with Crippen molar-refractivity contribution in [2.45, 2.75) is 90.0 Å². The summed E-state index contributed by atoms with van der Waals surface area (Å²) in [6.45, 7) is 21.9. The number of hydrogen-bond donors (Lipinski definition) is 0. The van der Waals surface area contributed by atoms with Crippen LogP contribution in [0, 0.1) is 5.92 Å². The fraction of sp³-hybridized carbons (Fsp3) is 0.800. The summed E-state index contributed by atoms with van der Waals surface area (Å²) in [5.74, 6) is -0.762. The zero-order valence-electron chi connectivity index (χ0n) is 18.7. The first kappa shape index (κ1) is 22.4. The maximum absolute atomic E-state index is 13.3. The van der Waals surface area contributed by atoms with Gasteiger partial charge in [0.15, 0.2) is 14.0 Å². The molecule has 2 heterocycles. The van der Waals surface area contributed by atoms with E-state index in [0.29, 0.717) is 13.0 Å². The second kappa shape index (κ2) is 6.56. The molecule has 1 fully saturated rings. The van der Waals surface area contributed by atoms with Crippen LogP contribution in [0.2, 0.25) is 36.3 Å². The fourth-order valence-corrected chi connectivity index (χ4v) is 5.48. The van der Waals surface area contributed by atoms with Gasteiger partial charge < -0.3 is 13.8 Å². The minimum absolute atomic E-state index is 0.0244. The first-order chi connectivity index (χ1) is 11.9. The van der Waals surface area contributed by atoms with Gasteiger partial charge in [-0.2, -0.15) is 0 Å². The van der Waals surface area contributed by atoms with Crippen molar-refractivity contribution in [3.63, 3.8) is 0 Å². The molecule has 0 spiro atoms. The van der Waals surface area contributed by atoms with E-state index in [0.717, 1.165) is 0 Å². The Labute approximate surface area is 166 Å². The quantitative estimate of drug-likeness (QED) is 0.631. The zero-order valence-corrected chi connectivity index (χ0v) is 20.7. The monoisotopic (exact) mass is 411 g/mol. The maximum atomic E-state index is 13.3. The summed E-state index contributed by atoms with van der Waals surface area (Å²) in [7, 11) is -4.47. The van der Waals surface area contributed by atoms with E-state index >= 15 is 0 Å². The van der Waals surface area contributed by atoms with E-state index in [1.54, 1.807) is 17.1 Å². The molecule has 0 aromatic rings. The van der Waals surface area contributed by atoms with Crippen LogP contribution in [0.5, 0.6) is 0 Å². The van der Waals surface area contributed by atoms with Gasteiger partial charge in [0.2, 0.25) is 5.91 Å². The molecule has 0 unspecified atom stereocenters. The molecule has 2 rings (SSSR count). The van der Waals surface area contributed by atoms with Crippen LogP contribution in [0.3, 0.4) is 0 Å². The molecule has 1 saturated heterocycles. The van der Waals surface area contributed by atoms with Crippen molar-refractivity contribution in [1.82, 2.24) is 4.90 Å². The Kier molecular flexibility index (Phi) is 5.43. The van der Waals surface area contributed by atoms with E-state index in [2.05, 4.69) is 67.7 Å². The van der Waals surface area contributed by atoms with Gasteiger partial charge in [0, 0.05) is 12.6 Å². The highest BCUT2D eigenvalue weighted by atomic mass is 28.4. The molecule has 27 heavy (non-hydrogen) atoms. The van der Waals surface area contributed by atoms with Crippen LogP contribution in [-0.4, -0.2) is 45.7 Å². The summed E-state index contributed by atoms with van der Waals surface area (Å²) in [4.78, 5) is 27.4. The molecule has 5 nitrogen and oxygen atoms in total. The topological polar surface area (TPSA) is 55.8 Å². The van der Waals surface area contributed by atoms with Crippen LogP contribution in [0.25, 0.3) is 0 Å². The highest BCUT2D eigenvalue weighted by Gasteiger charge is 2.60. The second-order valence-corrected chi connectivity index (χ2v) is 20.4. The molecular weight excluding hydrogens is 374 g/mol. The molecule has 0 aromatic carbocycles. The van der Waals surface area contributed by atoms with Crippen molar-refractivity contribution in [3.8, 4) is 0 Å². The van der Waals surface area contributed by atoms with Crippen LogP contribution >= 0.6 is 0 Å². The largest absolute Gasteiger partial charge is 0.519 e. The Morgan fingerprint density at radius 1 is 1.07 bits per heavy atom. The van der Waals surface area contributed by atoms with Gasteiger partial charge in [-0.25, -0.2) is 0 Å². The Morgan fingerprint density at radius 2 is 1.59 bits per heavy atom. The van der Waals surface area contributed by atoms with Crippen molar-refractivity contribution in [3.05, 3.63) is 12.2 Å². The van der Waals surface area contributed by atoms with Crippen LogP contribution in [-0.2, 0) is 18.4 Å². The Morgan fingerprint density at radius 3 is 2.07 bits per heavy atom. The summed E-state index contributed by atoms with van der Waals surface area (Å²) in [6.07, 6.45) is 3.94. The Hall–Kier alpha value is -0.926. The second-order valence-electron chi connectivity index (χ2n) is 11.0. The lowest BCUT2D eigenvalue weighted by atomic mass is 9.97. The Balaban J connectivity index is 2.38. The minimum Gasteiger partial charge on any atom is -0.519 e. The molecule has 2 atom stereocenters. The molecule has 0 bridgehead atoms. The lowest BCUT2D eigenvalue weighted by Crippen LogP contribution is -2.58. The molecule has 0 saturated carbocycles. The normalized spacial score (nSPS) is 26.5. The van der Waals surface area contributed by atoms with Gasteiger partial charge >= 0.3 is 5.97 Å². The van der Waals surface area contributed by atoms with Crippen molar-refractivity contribution < 1.29 is 18.4 Å². The van der Waals surface area contributed by atoms with Crippen molar-refractivity contribution in [2.75, 3.05) is 6.54 Å². The van der Waals surface area contributed by atoms with Gasteiger partial charge in [-0.3, -0.25) is 9.59 Å². The molecule has 7 heteroatoms. The summed E-state index contributed by atoms with van der Waals surface area (Å²) in [6, 6.07) is 0. The van der Waals surface area contributed by atoms with Gasteiger partial charge in [-0.05, 0) is 48.8 Å². The van der Waals surface area contributed by atoms with Gasteiger partial charge in [-0.1, -0.05) is 41.5 Å². The number of nitrogens with zero attached hydrogens (tertiary/aromatic N) is 1. The summed E-state index contributed by atoms with van der Waals surface area (Å²) in [5.41, 5.74) is -0.987. The molecule has 0 aromatic heterocycles. The number of amides is 1. The van der Waals surface area contributed by atoms with E-state index in [4.69, 9.17) is 8.85 Å². The van der Waals surface area contributed by atoms with Crippen LogP contribution < -0.4 is 0 Å². The third-order valence-corrected chi connectivity index (χ3v) is 15.7. The number of carbonyl (C=O) groups excluding carboxylic acids is 2. The van der Waals surface area contributed by atoms with E-state index in [1.165, 1.54) is 0 Å². The van der Waals surface area contributed by atoms with Gasteiger partial charge in [0.05, 0.1) is 0 Å². The zero-order chi connectivity index (χ0) is 21.1. The van der Waals surface area contributed by atoms with Crippen LogP contribution in [0.15, 0.2) is 12.2 Å². The molecule has 1 amide bonds. The van der Waals surface area contributed by atoms with Gasteiger partial charge in [0.25, 0.3) is 8.32 Å². The van der Waals surface area contributed by atoms with Gasteiger partial charge in [-0.15, -0.1) is 0 Å². The highest BCUT2D eigenvalue weighted by molar-refractivity contribution is 6.75. The molecule has 2 aliphatic rings. The van der Waals surface area contributed by atoms with E-state index in [-0.39, 0.29) is 22.0 Å². The van der Waals surface area contributed by atoms with Gasteiger partial charge in [0.1, 0.15) is 5.92 Å². The smallest absolute Gasteiger partial charge is 0.300 e. The summed E-state index contributed by atoms with van der Waals surface area (Å²) >= 11 is 0. The molecule has 154 valence electrons. The van der Waals surface area contributed by atoms with Crippen molar-refractivity contribution in [1.29, 1.82) is 0 Å². The van der Waals surface area contributed by atoms with Crippen LogP contribution in [0.1, 0.15) is 48.0 Å². The SMILES string of the molecule is CC(C)(C)[Si](C)(C)OC(=O)[C@@H]1CCN2C(=O)C=C[C@]12O[Si](C)(C)C(C)(C)C. The van der Waals surface area contributed by atoms with Crippen molar-refractivity contribution in [2.24, 2.45) is 5.92 Å². The third-order valence-electron chi connectivity index (χ3n) is 6.96. The Bertz CT molecular complexity index is 658. The number of carbonyl (C=O) groups is 2. The molecule has 0 aliphatic carbocycles. The summed E-state index contributed by atoms with van der Waals surface area (Å²) < 4.78 is 12.9. The van der Waals surface area contributed by atoms with E-state index in [9.17, 15) is 9.59 Å². The van der Waals surface area contributed by atoms with E-state index < -0.39 is 28.3 Å². The number of hydrogen-bond acceptors (Lipinski definition) is 4. The molecular formula is C20H37NO4Si2. The lowest BCUT2D eigenvalue weighted by Gasteiger charge is -2.46. The molecule has 2 aliphatic heterocycles. The first-order valence-electron chi connectivity index (χ1n) is 9.88. The predicted molar refractivity (Wildman–Crippen MR) is 113 cm³/mol. The first-order valence-corrected chi connectivity index (χ1v) is 15.7. The fourth-order valence-electron chi connectivity index (χ4n) is 3.08. The average Bonchev–Trinajstić information content (AvgIpc) is 2.93. The maximum Gasteiger partial charge on any atom is 0.300 e. The summed E-state index contributed by atoms with van der Waals surface area (Å²) in [5, 5.41) is -0.0842. The minimum atomic E-state index is -2.25. The predicted octanol–water partition coefficient (Wildman–Crippen LogP) is 4.67.